The summed E-state index contributed by atoms with van der Waals surface area (Å²) in [6.07, 6.45) is 54.9. The topological polar surface area (TPSA) is 95.9 Å². The van der Waals surface area contributed by atoms with Crippen molar-refractivity contribution in [2.45, 2.75) is 283 Å². The molecule has 0 saturated heterocycles. The van der Waals surface area contributed by atoms with E-state index >= 15 is 0 Å². The average molecular weight is 830 g/mol. The highest BCUT2D eigenvalue weighted by molar-refractivity contribution is 5.77. The second kappa shape index (κ2) is 47.1. The van der Waals surface area contributed by atoms with Crippen LogP contribution in [0.4, 0.5) is 0 Å². The summed E-state index contributed by atoms with van der Waals surface area (Å²) in [5, 5.41) is 23.7. The molecule has 59 heavy (non-hydrogen) atoms. The first-order valence-corrected chi connectivity index (χ1v) is 25.7. The van der Waals surface area contributed by atoms with Crippen molar-refractivity contribution in [1.29, 1.82) is 0 Å². The van der Waals surface area contributed by atoms with Gasteiger partial charge in [-0.05, 0) is 70.6 Å². The normalized spacial score (nSPS) is 13.5. The number of aliphatic hydroxyl groups excluding tert-OH is 2. The molecule has 6 heteroatoms. The Morgan fingerprint density at radius 1 is 0.492 bits per heavy atom. The predicted molar refractivity (Wildman–Crippen MR) is 255 cm³/mol. The van der Waals surface area contributed by atoms with Gasteiger partial charge < -0.3 is 20.3 Å². The number of hydrogen-bond acceptors (Lipinski definition) is 5. The fraction of sp³-hybridized carbons (Fsp3) is 0.849. The Hall–Kier alpha value is -1.92. The molecule has 0 saturated carbocycles. The third-order valence-corrected chi connectivity index (χ3v) is 11.7. The van der Waals surface area contributed by atoms with Crippen molar-refractivity contribution in [1.82, 2.24) is 5.32 Å². The third-order valence-electron chi connectivity index (χ3n) is 11.7. The summed E-state index contributed by atoms with van der Waals surface area (Å²) >= 11 is 0. The van der Waals surface area contributed by atoms with Crippen molar-refractivity contribution in [3.8, 4) is 0 Å². The van der Waals surface area contributed by atoms with E-state index in [1.807, 2.05) is 0 Å². The second-order valence-electron chi connectivity index (χ2n) is 17.6. The number of carbonyl (C=O) groups is 2. The van der Waals surface area contributed by atoms with Gasteiger partial charge in [0.2, 0.25) is 5.91 Å². The Kier molecular flexibility index (Phi) is 45.6. The molecule has 346 valence electrons. The third kappa shape index (κ3) is 42.6. The van der Waals surface area contributed by atoms with Gasteiger partial charge >= 0.3 is 5.97 Å². The van der Waals surface area contributed by atoms with Crippen LogP contribution in [0.2, 0.25) is 0 Å². The van der Waals surface area contributed by atoms with Gasteiger partial charge in [0.05, 0.1) is 25.2 Å². The Bertz CT molecular complexity index is 977. The van der Waals surface area contributed by atoms with Crippen molar-refractivity contribution >= 4 is 11.9 Å². The maximum absolute atomic E-state index is 13.2. The van der Waals surface area contributed by atoms with Crippen molar-refractivity contribution in [3.05, 3.63) is 36.5 Å². The molecule has 0 aromatic heterocycles. The molecule has 0 aliphatic rings. The highest BCUT2D eigenvalue weighted by Crippen LogP contribution is 2.17. The quantitative estimate of drug-likeness (QED) is 0.0246. The van der Waals surface area contributed by atoms with Gasteiger partial charge in [0.25, 0.3) is 0 Å². The molecule has 0 radical (unpaired) electrons. The fourth-order valence-corrected chi connectivity index (χ4v) is 7.77. The lowest BCUT2D eigenvalue weighted by Gasteiger charge is -2.24. The number of hydrogen-bond donors (Lipinski definition) is 3. The van der Waals surface area contributed by atoms with E-state index in [4.69, 9.17) is 4.74 Å². The molecule has 0 spiro atoms. The lowest BCUT2D eigenvalue weighted by molar-refractivity contribution is -0.151. The van der Waals surface area contributed by atoms with Crippen LogP contribution in [0.3, 0.4) is 0 Å². The van der Waals surface area contributed by atoms with Gasteiger partial charge in [0.15, 0.2) is 0 Å². The Morgan fingerprint density at radius 3 is 1.34 bits per heavy atom. The van der Waals surface area contributed by atoms with E-state index in [1.54, 1.807) is 0 Å². The molecule has 0 bridgehead atoms. The van der Waals surface area contributed by atoms with Crippen molar-refractivity contribution in [3.63, 3.8) is 0 Å². The first kappa shape index (κ1) is 57.1. The number of nitrogens with one attached hydrogen (secondary N) is 1. The van der Waals surface area contributed by atoms with Gasteiger partial charge in [0.1, 0.15) is 6.10 Å². The van der Waals surface area contributed by atoms with Crippen LogP contribution in [0.5, 0.6) is 0 Å². The predicted octanol–water partition coefficient (Wildman–Crippen LogP) is 15.3. The Morgan fingerprint density at radius 2 is 0.881 bits per heavy atom. The molecule has 6 nitrogen and oxygen atoms in total. The number of ether oxygens (including phenoxy) is 1. The number of unbranched alkanes of at least 4 members (excludes halogenated alkanes) is 29. The van der Waals surface area contributed by atoms with E-state index in [2.05, 4.69) is 62.5 Å². The van der Waals surface area contributed by atoms with Crippen LogP contribution in [0.25, 0.3) is 0 Å². The number of esters is 1. The summed E-state index contributed by atoms with van der Waals surface area (Å²) in [6.45, 7) is 6.46. The molecule has 1 amide bonds. The van der Waals surface area contributed by atoms with Gasteiger partial charge in [-0.15, -0.1) is 0 Å². The number of amides is 1. The standard InChI is InChI=1S/C53H99NO5/c1-4-7-10-13-16-19-22-25-28-29-32-35-38-41-44-49(59-53(58)46-43-40-37-34-31-27-24-21-18-15-12-9-6-3)47-52(57)54-50(48-55)51(56)45-42-39-36-33-30-26-23-20-17-14-11-8-5-2/h27-29,31-32,35,49-51,55-56H,4-26,30,33-34,36-48H2,1-3H3,(H,54,57)/b29-28+,31-27-,35-32+. The number of carbonyl (C=O) groups excluding carboxylic acids is 2. The minimum atomic E-state index is -0.799. The first-order chi connectivity index (χ1) is 29.0. The van der Waals surface area contributed by atoms with Crippen LogP contribution < -0.4 is 5.32 Å². The summed E-state index contributed by atoms with van der Waals surface area (Å²) in [7, 11) is 0. The van der Waals surface area contributed by atoms with Gasteiger partial charge in [-0.1, -0.05) is 218 Å². The Labute approximate surface area is 366 Å². The Balaban J connectivity index is 4.65. The largest absolute Gasteiger partial charge is 0.462 e. The number of rotatable bonds is 46. The smallest absolute Gasteiger partial charge is 0.306 e. The maximum atomic E-state index is 13.2. The molecular weight excluding hydrogens is 731 g/mol. The molecule has 3 unspecified atom stereocenters. The van der Waals surface area contributed by atoms with Crippen LogP contribution in [-0.4, -0.2) is 46.9 Å². The molecular formula is C53H99NO5. The molecule has 0 aromatic carbocycles. The SMILES string of the molecule is CCCCCCCC/C=C\CCCCCC(=O)OC(CCC/C=C/C=C/CCCCCCCCC)CC(=O)NC(CO)C(O)CCCCCCCCCCCCCCC. The zero-order chi connectivity index (χ0) is 43.1. The zero-order valence-electron chi connectivity index (χ0n) is 39.4. The highest BCUT2D eigenvalue weighted by atomic mass is 16.5. The van der Waals surface area contributed by atoms with Gasteiger partial charge in [0, 0.05) is 6.42 Å². The van der Waals surface area contributed by atoms with E-state index in [-0.39, 0.29) is 24.9 Å². The lowest BCUT2D eigenvalue weighted by Crippen LogP contribution is -2.46. The van der Waals surface area contributed by atoms with Crippen LogP contribution >= 0.6 is 0 Å². The van der Waals surface area contributed by atoms with E-state index in [0.717, 1.165) is 70.6 Å². The molecule has 0 rings (SSSR count). The van der Waals surface area contributed by atoms with Crippen molar-refractivity contribution in [2.75, 3.05) is 6.61 Å². The van der Waals surface area contributed by atoms with E-state index in [1.165, 1.54) is 148 Å². The molecule has 0 heterocycles. The summed E-state index contributed by atoms with van der Waals surface area (Å²) in [5.74, 6) is -0.533. The van der Waals surface area contributed by atoms with Crippen LogP contribution in [0, 0.1) is 0 Å². The van der Waals surface area contributed by atoms with Crippen LogP contribution in [0.1, 0.15) is 265 Å². The van der Waals surface area contributed by atoms with Gasteiger partial charge in [-0.2, -0.15) is 0 Å². The maximum Gasteiger partial charge on any atom is 0.306 e. The van der Waals surface area contributed by atoms with Gasteiger partial charge in [-0.25, -0.2) is 0 Å². The molecule has 0 fully saturated rings. The number of allylic oxidation sites excluding steroid dienone is 6. The van der Waals surface area contributed by atoms with E-state index in [0.29, 0.717) is 19.3 Å². The average Bonchev–Trinajstić information content (AvgIpc) is 3.23. The minimum absolute atomic E-state index is 0.0408. The van der Waals surface area contributed by atoms with Crippen LogP contribution in [-0.2, 0) is 14.3 Å². The van der Waals surface area contributed by atoms with Gasteiger partial charge in [-0.3, -0.25) is 9.59 Å². The minimum Gasteiger partial charge on any atom is -0.462 e. The first-order valence-electron chi connectivity index (χ1n) is 25.7. The molecule has 3 N–H and O–H groups in total. The highest BCUT2D eigenvalue weighted by Gasteiger charge is 2.24. The van der Waals surface area contributed by atoms with Crippen molar-refractivity contribution in [2.24, 2.45) is 0 Å². The van der Waals surface area contributed by atoms with E-state index in [9.17, 15) is 19.8 Å². The summed E-state index contributed by atoms with van der Waals surface area (Å²) in [5.41, 5.74) is 0. The molecule has 0 aliphatic carbocycles. The molecule has 3 atom stereocenters. The summed E-state index contributed by atoms with van der Waals surface area (Å²) < 4.78 is 5.89. The zero-order valence-corrected chi connectivity index (χ0v) is 39.4. The van der Waals surface area contributed by atoms with Crippen molar-refractivity contribution < 1.29 is 24.5 Å². The fourth-order valence-electron chi connectivity index (χ4n) is 7.77. The summed E-state index contributed by atoms with van der Waals surface area (Å²) in [6, 6.07) is -0.716. The lowest BCUT2D eigenvalue weighted by atomic mass is 10.0. The summed E-state index contributed by atoms with van der Waals surface area (Å²) in [4.78, 5) is 26.1. The van der Waals surface area contributed by atoms with E-state index < -0.39 is 18.2 Å². The molecule has 0 aromatic rings. The molecule has 0 aliphatic heterocycles. The second-order valence-corrected chi connectivity index (χ2v) is 17.6. The number of aliphatic hydroxyl groups is 2. The van der Waals surface area contributed by atoms with Crippen LogP contribution in [0.15, 0.2) is 36.5 Å². The monoisotopic (exact) mass is 830 g/mol.